The maximum absolute atomic E-state index is 13.4. The number of aryl methyl sites for hydroxylation is 2. The van der Waals surface area contributed by atoms with Gasteiger partial charge in [-0.1, -0.05) is 0 Å². The summed E-state index contributed by atoms with van der Waals surface area (Å²) < 4.78 is 19.1. The first-order chi connectivity index (χ1) is 14.0. The summed E-state index contributed by atoms with van der Waals surface area (Å²) in [6.07, 6.45) is 5.78. The molecule has 2 fully saturated rings. The number of aromatic nitrogens is 4. The fourth-order valence-corrected chi connectivity index (χ4v) is 4.29. The van der Waals surface area contributed by atoms with E-state index in [9.17, 15) is 4.39 Å². The summed E-state index contributed by atoms with van der Waals surface area (Å²) in [5.41, 5.74) is 0.740. The summed E-state index contributed by atoms with van der Waals surface area (Å²) in [5.74, 6) is 3.51. The first kappa shape index (κ1) is 19.5. The summed E-state index contributed by atoms with van der Waals surface area (Å²) in [6, 6.07) is 3.62. The van der Waals surface area contributed by atoms with Crippen LogP contribution in [0.25, 0.3) is 0 Å². The Morgan fingerprint density at radius 2 is 2.03 bits per heavy atom. The van der Waals surface area contributed by atoms with Crippen molar-refractivity contribution in [3.05, 3.63) is 35.3 Å². The number of nitrogens with zero attached hydrogens (tertiary/aromatic N) is 6. The molecule has 29 heavy (non-hydrogen) atoms. The van der Waals surface area contributed by atoms with E-state index in [4.69, 9.17) is 10.00 Å². The monoisotopic (exact) mass is 396 g/mol. The summed E-state index contributed by atoms with van der Waals surface area (Å²) in [4.78, 5) is 18.8. The number of rotatable bonds is 6. The normalized spacial score (nSPS) is 21.7. The minimum atomic E-state index is -0.354. The Labute approximate surface area is 170 Å². The second-order valence-corrected chi connectivity index (χ2v) is 7.98. The van der Waals surface area contributed by atoms with Gasteiger partial charge in [0.2, 0.25) is 11.8 Å². The highest BCUT2D eigenvalue weighted by atomic mass is 19.1. The Hall–Kier alpha value is -2.82. The lowest BCUT2D eigenvalue weighted by Gasteiger charge is -2.32. The molecular weight excluding hydrogens is 371 g/mol. The number of hydrogen-bond donors (Lipinski definition) is 0. The van der Waals surface area contributed by atoms with Gasteiger partial charge in [0.25, 0.3) is 0 Å². The number of piperidine rings is 1. The molecule has 152 valence electrons. The van der Waals surface area contributed by atoms with E-state index < -0.39 is 0 Å². The molecule has 2 aromatic heterocycles. The lowest BCUT2D eigenvalue weighted by Crippen LogP contribution is -2.35. The second kappa shape index (κ2) is 8.27. The summed E-state index contributed by atoms with van der Waals surface area (Å²) in [6.45, 7) is 5.90. The predicted octanol–water partition coefficient (Wildman–Crippen LogP) is 3.22. The topological polar surface area (TPSA) is 87.8 Å². The SMILES string of the molecule is Cc1nc(C#N)cc(OCCC2CC2C2CCN(c3ncc(F)c(C)n3)CC2)n1. The molecule has 0 amide bonds. The van der Waals surface area contributed by atoms with Crippen molar-refractivity contribution in [2.75, 3.05) is 24.6 Å². The maximum atomic E-state index is 13.4. The fourth-order valence-electron chi connectivity index (χ4n) is 4.29. The number of nitriles is 1. The van der Waals surface area contributed by atoms with Crippen molar-refractivity contribution in [3.63, 3.8) is 0 Å². The molecular formula is C21H25FN6O. The third kappa shape index (κ3) is 4.61. The summed E-state index contributed by atoms with van der Waals surface area (Å²) in [7, 11) is 0. The van der Waals surface area contributed by atoms with Crippen molar-refractivity contribution >= 4 is 5.95 Å². The van der Waals surface area contributed by atoms with E-state index in [1.807, 2.05) is 6.07 Å². The molecule has 1 saturated carbocycles. The van der Waals surface area contributed by atoms with Crippen LogP contribution in [0.5, 0.6) is 5.88 Å². The first-order valence-electron chi connectivity index (χ1n) is 10.2. The van der Waals surface area contributed by atoms with E-state index in [2.05, 4.69) is 24.8 Å². The Balaban J connectivity index is 1.21. The molecule has 1 aliphatic carbocycles. The van der Waals surface area contributed by atoms with Crippen LogP contribution < -0.4 is 9.64 Å². The molecule has 0 bridgehead atoms. The summed E-state index contributed by atoms with van der Waals surface area (Å²) >= 11 is 0. The molecule has 2 atom stereocenters. The van der Waals surface area contributed by atoms with Crippen LogP contribution >= 0.6 is 0 Å². The van der Waals surface area contributed by atoms with Crippen molar-refractivity contribution < 1.29 is 9.13 Å². The lowest BCUT2D eigenvalue weighted by molar-refractivity contribution is 0.275. The van der Waals surface area contributed by atoms with Crippen LogP contribution in [0.4, 0.5) is 10.3 Å². The van der Waals surface area contributed by atoms with E-state index in [0.29, 0.717) is 41.6 Å². The minimum absolute atomic E-state index is 0.337. The van der Waals surface area contributed by atoms with E-state index in [1.54, 1.807) is 19.9 Å². The third-order valence-corrected chi connectivity index (χ3v) is 5.98. The van der Waals surface area contributed by atoms with Gasteiger partial charge in [-0.15, -0.1) is 0 Å². The molecule has 3 heterocycles. The van der Waals surface area contributed by atoms with Gasteiger partial charge in [-0.25, -0.2) is 19.3 Å². The van der Waals surface area contributed by atoms with Crippen LogP contribution in [0.1, 0.15) is 42.9 Å². The fraction of sp³-hybridized carbons (Fsp3) is 0.571. The van der Waals surface area contributed by atoms with E-state index >= 15 is 0 Å². The molecule has 7 nitrogen and oxygen atoms in total. The van der Waals surface area contributed by atoms with Crippen molar-refractivity contribution in [1.29, 1.82) is 5.26 Å². The standard InChI is InChI=1S/C21H25FN6O/c1-13-19(22)12-24-21(25-13)28-6-3-15(4-7-28)18-9-16(18)5-8-29-20-10-17(11-23)26-14(2)27-20/h10,12,15-16,18H,3-9H2,1-2H3. The largest absolute Gasteiger partial charge is 0.478 e. The van der Waals surface area contributed by atoms with Crippen LogP contribution in [0, 0.1) is 48.7 Å². The Morgan fingerprint density at radius 1 is 1.24 bits per heavy atom. The highest BCUT2D eigenvalue weighted by Gasteiger charge is 2.43. The number of halogens is 1. The highest BCUT2D eigenvalue weighted by molar-refractivity contribution is 5.31. The first-order valence-corrected chi connectivity index (χ1v) is 10.2. The number of anilines is 1. The molecule has 2 aromatic rings. The van der Waals surface area contributed by atoms with Crippen molar-refractivity contribution in [2.24, 2.45) is 17.8 Å². The van der Waals surface area contributed by atoms with Crippen molar-refractivity contribution in [3.8, 4) is 11.9 Å². The lowest BCUT2D eigenvalue weighted by atomic mass is 9.90. The number of ether oxygens (including phenoxy) is 1. The second-order valence-electron chi connectivity index (χ2n) is 7.98. The quantitative estimate of drug-likeness (QED) is 0.741. The van der Waals surface area contributed by atoms with Gasteiger partial charge in [-0.3, -0.25) is 0 Å². The Kier molecular flexibility index (Phi) is 5.56. The zero-order chi connectivity index (χ0) is 20.4. The van der Waals surface area contributed by atoms with Crippen LogP contribution in [0.3, 0.4) is 0 Å². The molecule has 4 rings (SSSR count). The smallest absolute Gasteiger partial charge is 0.225 e. The molecule has 0 N–H and O–H groups in total. The Morgan fingerprint density at radius 3 is 2.76 bits per heavy atom. The van der Waals surface area contributed by atoms with Crippen LogP contribution in [-0.2, 0) is 0 Å². The molecule has 0 radical (unpaired) electrons. The molecule has 2 aliphatic rings. The van der Waals surface area contributed by atoms with Gasteiger partial charge in [0.15, 0.2) is 5.82 Å². The van der Waals surface area contributed by atoms with Crippen molar-refractivity contribution in [2.45, 2.75) is 39.5 Å². The zero-order valence-electron chi connectivity index (χ0n) is 16.8. The predicted molar refractivity (Wildman–Crippen MR) is 105 cm³/mol. The molecule has 0 spiro atoms. The van der Waals surface area contributed by atoms with Gasteiger partial charge < -0.3 is 9.64 Å². The number of hydrogen-bond acceptors (Lipinski definition) is 7. The highest BCUT2D eigenvalue weighted by Crippen LogP contribution is 2.49. The van der Waals surface area contributed by atoms with Crippen LogP contribution in [0.2, 0.25) is 0 Å². The van der Waals surface area contributed by atoms with Gasteiger partial charge in [-0.05, 0) is 57.3 Å². The Bertz CT molecular complexity index is 922. The maximum Gasteiger partial charge on any atom is 0.225 e. The molecule has 1 saturated heterocycles. The van der Waals surface area contributed by atoms with Crippen LogP contribution in [0.15, 0.2) is 12.3 Å². The van der Waals surface area contributed by atoms with Gasteiger partial charge in [0, 0.05) is 19.2 Å². The van der Waals surface area contributed by atoms with E-state index in [-0.39, 0.29) is 5.82 Å². The van der Waals surface area contributed by atoms with E-state index in [0.717, 1.165) is 44.2 Å². The molecule has 1 aliphatic heterocycles. The minimum Gasteiger partial charge on any atom is -0.478 e. The van der Waals surface area contributed by atoms with E-state index in [1.165, 1.54) is 12.6 Å². The van der Waals surface area contributed by atoms with Gasteiger partial charge >= 0.3 is 0 Å². The molecule has 0 aromatic carbocycles. The molecule has 2 unspecified atom stereocenters. The van der Waals surface area contributed by atoms with Crippen LogP contribution in [-0.4, -0.2) is 39.6 Å². The summed E-state index contributed by atoms with van der Waals surface area (Å²) in [5, 5.41) is 8.98. The average Bonchev–Trinajstić information content (AvgIpc) is 3.49. The average molecular weight is 396 g/mol. The van der Waals surface area contributed by atoms with Crippen molar-refractivity contribution in [1.82, 2.24) is 19.9 Å². The molecule has 8 heteroatoms. The zero-order valence-corrected chi connectivity index (χ0v) is 16.8. The van der Waals surface area contributed by atoms with Gasteiger partial charge in [-0.2, -0.15) is 10.2 Å². The third-order valence-electron chi connectivity index (χ3n) is 5.98. The van der Waals surface area contributed by atoms with Gasteiger partial charge in [0.05, 0.1) is 18.5 Å². The van der Waals surface area contributed by atoms with Gasteiger partial charge in [0.1, 0.15) is 17.6 Å².